The minimum atomic E-state index is -2.77. The SMILES string of the molecule is CC(C)[Si]1(C(C)C)OC[C@H]2O[C@@H](C)C(OC(=S)Oc3ccccc3)[C@H]2O[Si](C(C)C)(C(C)C)O1. The molecule has 1 aromatic carbocycles. The molecular weight excluding hydrogens is 485 g/mol. The summed E-state index contributed by atoms with van der Waals surface area (Å²) in [5, 5.41) is 0.0641. The maximum atomic E-state index is 7.26. The molecule has 2 saturated heterocycles. The number of para-hydroxylation sites is 1. The molecule has 0 radical (unpaired) electrons. The Morgan fingerprint density at radius 3 is 2.00 bits per heavy atom. The van der Waals surface area contributed by atoms with Crippen LogP contribution in [0.25, 0.3) is 0 Å². The van der Waals surface area contributed by atoms with Gasteiger partial charge in [-0.2, -0.15) is 0 Å². The van der Waals surface area contributed by atoms with Gasteiger partial charge in [-0.25, -0.2) is 0 Å². The van der Waals surface area contributed by atoms with E-state index in [9.17, 15) is 0 Å². The second kappa shape index (κ2) is 11.1. The van der Waals surface area contributed by atoms with E-state index in [1.54, 1.807) is 0 Å². The third-order valence-corrected chi connectivity index (χ3v) is 17.5. The van der Waals surface area contributed by atoms with E-state index in [-0.39, 0.29) is 45.7 Å². The topological polar surface area (TPSA) is 55.4 Å². The van der Waals surface area contributed by atoms with Crippen LogP contribution in [-0.4, -0.2) is 53.4 Å². The van der Waals surface area contributed by atoms with Crippen LogP contribution in [0.1, 0.15) is 62.3 Å². The average molecular weight is 527 g/mol. The van der Waals surface area contributed by atoms with E-state index in [1.165, 1.54) is 0 Å². The van der Waals surface area contributed by atoms with Crippen molar-refractivity contribution in [1.82, 2.24) is 0 Å². The summed E-state index contributed by atoms with van der Waals surface area (Å²) in [6, 6.07) is 9.41. The fourth-order valence-electron chi connectivity index (χ4n) is 5.21. The third-order valence-electron chi connectivity index (χ3n) is 7.05. The highest BCUT2D eigenvalue weighted by atomic mass is 32.1. The molecule has 0 bridgehead atoms. The summed E-state index contributed by atoms with van der Waals surface area (Å²) in [5.41, 5.74) is 1.02. The van der Waals surface area contributed by atoms with Crippen LogP contribution in [0.15, 0.2) is 30.3 Å². The number of hydrogen-bond donors (Lipinski definition) is 0. The lowest BCUT2D eigenvalue weighted by molar-refractivity contribution is -0.0362. The van der Waals surface area contributed by atoms with Crippen molar-refractivity contribution in [3.05, 3.63) is 30.3 Å². The summed E-state index contributed by atoms with van der Waals surface area (Å²) in [6.07, 6.45) is -1.24. The molecule has 0 aromatic heterocycles. The van der Waals surface area contributed by atoms with Crippen molar-refractivity contribution in [3.8, 4) is 5.75 Å². The van der Waals surface area contributed by atoms with E-state index in [0.29, 0.717) is 12.4 Å². The fourth-order valence-corrected chi connectivity index (χ4v) is 16.6. The Bertz CT molecular complexity index is 803. The standard InChI is InChI=1S/C25H42O6SSi2/c1-16(2)33(17(3)4)26-15-22-24(30-34(31-33,18(5)6)19(7)8)23(20(9)27-22)29-25(32)28-21-13-11-10-12-14-21/h10-14,16-20,22-24H,15H2,1-9H3/t20-,22+,23?,24-/m0/s1. The second-order valence-electron chi connectivity index (χ2n) is 10.7. The highest BCUT2D eigenvalue weighted by Gasteiger charge is 2.61. The molecule has 3 rings (SSSR count). The van der Waals surface area contributed by atoms with Crippen LogP contribution in [0.3, 0.4) is 0 Å². The number of hydrogen-bond acceptors (Lipinski definition) is 7. The molecule has 1 aromatic rings. The molecule has 2 aliphatic rings. The van der Waals surface area contributed by atoms with Crippen LogP contribution >= 0.6 is 12.2 Å². The van der Waals surface area contributed by atoms with Gasteiger partial charge in [0.05, 0.1) is 12.7 Å². The maximum absolute atomic E-state index is 7.26. The molecular formula is C25H42O6SSi2. The molecule has 0 N–H and O–H groups in total. The van der Waals surface area contributed by atoms with Gasteiger partial charge in [0.2, 0.25) is 0 Å². The van der Waals surface area contributed by atoms with Gasteiger partial charge in [0, 0.05) is 12.2 Å². The van der Waals surface area contributed by atoms with Gasteiger partial charge < -0.3 is 27.2 Å². The van der Waals surface area contributed by atoms with Gasteiger partial charge in [-0.3, -0.25) is 0 Å². The number of benzene rings is 1. The van der Waals surface area contributed by atoms with Crippen LogP contribution < -0.4 is 4.74 Å². The number of thiocarbonyl (C=S) groups is 1. The van der Waals surface area contributed by atoms with Gasteiger partial charge in [-0.05, 0) is 41.2 Å². The number of fused-ring (bicyclic) bond motifs is 1. The van der Waals surface area contributed by atoms with Gasteiger partial charge in [0.1, 0.15) is 18.0 Å². The number of ether oxygens (including phenoxy) is 3. The molecule has 1 unspecified atom stereocenters. The molecule has 2 fully saturated rings. The summed E-state index contributed by atoms with van der Waals surface area (Å²) in [7, 11) is -5.37. The first-order valence-electron chi connectivity index (χ1n) is 12.5. The van der Waals surface area contributed by atoms with Crippen LogP contribution in [0.4, 0.5) is 0 Å². The number of rotatable bonds is 6. The van der Waals surface area contributed by atoms with Gasteiger partial charge in [0.15, 0.2) is 6.10 Å². The zero-order chi connectivity index (χ0) is 25.3. The van der Waals surface area contributed by atoms with Crippen molar-refractivity contribution in [2.75, 3.05) is 6.61 Å². The first-order chi connectivity index (χ1) is 15.9. The minimum Gasteiger partial charge on any atom is -0.448 e. The van der Waals surface area contributed by atoms with Crippen molar-refractivity contribution in [2.45, 2.75) is 109 Å². The maximum Gasteiger partial charge on any atom is 0.358 e. The summed E-state index contributed by atoms with van der Waals surface area (Å²) in [5.74, 6) is 0.638. The molecule has 2 aliphatic heterocycles. The van der Waals surface area contributed by atoms with Crippen LogP contribution in [0.2, 0.25) is 22.2 Å². The molecule has 34 heavy (non-hydrogen) atoms. The highest BCUT2D eigenvalue weighted by Crippen LogP contribution is 2.47. The monoisotopic (exact) mass is 526 g/mol. The van der Waals surface area contributed by atoms with E-state index in [2.05, 4.69) is 55.4 Å². The Balaban J connectivity index is 1.93. The lowest BCUT2D eigenvalue weighted by Gasteiger charge is -2.51. The van der Waals surface area contributed by atoms with Crippen molar-refractivity contribution in [2.24, 2.45) is 0 Å². The predicted octanol–water partition coefficient (Wildman–Crippen LogP) is 6.48. The average Bonchev–Trinajstić information content (AvgIpc) is 3.01. The van der Waals surface area contributed by atoms with E-state index < -0.39 is 23.2 Å². The van der Waals surface area contributed by atoms with Gasteiger partial charge >= 0.3 is 22.4 Å². The van der Waals surface area contributed by atoms with Crippen LogP contribution in [0.5, 0.6) is 5.75 Å². The van der Waals surface area contributed by atoms with Gasteiger partial charge in [-0.15, -0.1) is 0 Å². The van der Waals surface area contributed by atoms with Gasteiger partial charge in [-0.1, -0.05) is 73.6 Å². The molecule has 0 amide bonds. The Hall–Kier alpha value is -0.816. The smallest absolute Gasteiger partial charge is 0.358 e. The predicted molar refractivity (Wildman–Crippen MR) is 143 cm³/mol. The van der Waals surface area contributed by atoms with Crippen LogP contribution in [0, 0.1) is 0 Å². The molecule has 0 saturated carbocycles. The molecule has 0 spiro atoms. The zero-order valence-corrected chi connectivity index (χ0v) is 24.9. The Labute approximate surface area is 213 Å². The van der Waals surface area contributed by atoms with Crippen molar-refractivity contribution in [1.29, 1.82) is 0 Å². The Morgan fingerprint density at radius 2 is 1.47 bits per heavy atom. The molecule has 9 heteroatoms. The largest absolute Gasteiger partial charge is 0.448 e. The van der Waals surface area contributed by atoms with Crippen LogP contribution in [-0.2, 0) is 22.4 Å². The summed E-state index contributed by atoms with van der Waals surface area (Å²) in [4.78, 5) is 0. The zero-order valence-electron chi connectivity index (χ0n) is 22.1. The fraction of sp³-hybridized carbons (Fsp3) is 0.720. The van der Waals surface area contributed by atoms with E-state index in [1.807, 2.05) is 37.3 Å². The first kappa shape index (κ1) is 27.8. The normalized spacial score (nSPS) is 28.6. The Morgan fingerprint density at radius 1 is 0.912 bits per heavy atom. The highest BCUT2D eigenvalue weighted by molar-refractivity contribution is 7.79. The third kappa shape index (κ3) is 5.45. The molecule has 192 valence electrons. The lowest BCUT2D eigenvalue weighted by atomic mass is 10.1. The second-order valence-corrected chi connectivity index (χ2v) is 19.9. The molecule has 0 aliphatic carbocycles. The minimum absolute atomic E-state index is 0.0641. The lowest BCUT2D eigenvalue weighted by Crippen LogP contribution is -2.66. The van der Waals surface area contributed by atoms with E-state index in [0.717, 1.165) is 0 Å². The molecule has 6 nitrogen and oxygen atoms in total. The van der Waals surface area contributed by atoms with E-state index in [4.69, 9.17) is 39.4 Å². The van der Waals surface area contributed by atoms with Crippen molar-refractivity contribution < 1.29 is 27.2 Å². The quantitative estimate of drug-likeness (QED) is 0.311. The Kier molecular flexibility index (Phi) is 9.04. The first-order valence-corrected chi connectivity index (χ1v) is 16.9. The van der Waals surface area contributed by atoms with E-state index >= 15 is 0 Å². The van der Waals surface area contributed by atoms with Crippen molar-refractivity contribution in [3.63, 3.8) is 0 Å². The summed E-state index contributed by atoms with van der Waals surface area (Å²) in [6.45, 7) is 20.1. The van der Waals surface area contributed by atoms with Crippen molar-refractivity contribution >= 4 is 34.6 Å². The van der Waals surface area contributed by atoms with Gasteiger partial charge in [0.25, 0.3) is 0 Å². The molecule has 4 atom stereocenters. The molecule has 2 heterocycles. The summed E-state index contributed by atoms with van der Waals surface area (Å²) < 4.78 is 39.5. The summed E-state index contributed by atoms with van der Waals surface area (Å²) >= 11 is 5.45.